The van der Waals surface area contributed by atoms with Crippen LogP contribution in [-0.2, 0) is 0 Å². The molecule has 0 spiro atoms. The van der Waals surface area contributed by atoms with Gasteiger partial charge in [-0.05, 0) is 18.2 Å². The topological polar surface area (TPSA) is 62.2 Å². The van der Waals surface area contributed by atoms with Crippen LogP contribution in [0.5, 0.6) is 0 Å². The number of hydrogen-bond acceptors (Lipinski definition) is 4. The normalized spacial score (nSPS) is 9.86. The van der Waals surface area contributed by atoms with Crippen LogP contribution in [0, 0.1) is 17.7 Å². The summed E-state index contributed by atoms with van der Waals surface area (Å²) in [7, 11) is 0. The van der Waals surface area contributed by atoms with Gasteiger partial charge in [-0.3, -0.25) is 10.1 Å². The van der Waals surface area contributed by atoms with Crippen LogP contribution >= 0.6 is 22.9 Å². The van der Waals surface area contributed by atoms with Crippen LogP contribution < -0.4 is 5.32 Å². The van der Waals surface area contributed by atoms with E-state index in [9.17, 15) is 9.18 Å². The van der Waals surface area contributed by atoms with Crippen molar-refractivity contribution in [3.63, 3.8) is 0 Å². The number of aliphatic hydroxyl groups excluding tert-OH is 1. The van der Waals surface area contributed by atoms with Crippen molar-refractivity contribution in [2.75, 3.05) is 11.9 Å². The van der Waals surface area contributed by atoms with Crippen LogP contribution in [0.15, 0.2) is 24.4 Å². The van der Waals surface area contributed by atoms with E-state index >= 15 is 0 Å². The van der Waals surface area contributed by atoms with Crippen LogP contribution in [0.2, 0.25) is 5.02 Å². The predicted molar refractivity (Wildman–Crippen MR) is 80.1 cm³/mol. The van der Waals surface area contributed by atoms with Crippen molar-refractivity contribution in [2.45, 2.75) is 6.42 Å². The Morgan fingerprint density at radius 1 is 1.52 bits per heavy atom. The van der Waals surface area contributed by atoms with Gasteiger partial charge in [-0.15, -0.1) is 0 Å². The second-order valence-corrected chi connectivity index (χ2v) is 5.33. The highest BCUT2D eigenvalue weighted by Gasteiger charge is 2.11. The minimum atomic E-state index is -0.654. The molecule has 0 aliphatic heterocycles. The number of thiazole rings is 1. The van der Waals surface area contributed by atoms with E-state index in [0.717, 1.165) is 6.07 Å². The molecule has 2 rings (SSSR count). The van der Waals surface area contributed by atoms with Crippen molar-refractivity contribution >= 4 is 34.0 Å². The number of carbonyl (C=O) groups excluding carboxylic acids is 1. The number of rotatable bonds is 3. The van der Waals surface area contributed by atoms with Gasteiger partial charge in [0, 0.05) is 12.0 Å². The van der Waals surface area contributed by atoms with Gasteiger partial charge in [0.25, 0.3) is 5.91 Å². The molecule has 7 heteroatoms. The summed E-state index contributed by atoms with van der Waals surface area (Å²) in [5.74, 6) is 4.44. The lowest BCUT2D eigenvalue weighted by Gasteiger charge is -2.02. The fraction of sp³-hybridized carbons (Fsp3) is 0.143. The van der Waals surface area contributed by atoms with Gasteiger partial charge in [-0.25, -0.2) is 9.37 Å². The molecule has 0 saturated heterocycles. The molecule has 0 aliphatic carbocycles. The van der Waals surface area contributed by atoms with E-state index in [1.807, 2.05) is 0 Å². The molecular weight excluding hydrogens is 315 g/mol. The fourth-order valence-corrected chi connectivity index (χ4v) is 2.21. The maximum absolute atomic E-state index is 13.3. The second kappa shape index (κ2) is 7.18. The number of aromatic nitrogens is 1. The van der Waals surface area contributed by atoms with Crippen LogP contribution in [0.25, 0.3) is 0 Å². The van der Waals surface area contributed by atoms with Gasteiger partial charge in [0.15, 0.2) is 5.13 Å². The third kappa shape index (κ3) is 4.26. The van der Waals surface area contributed by atoms with Gasteiger partial charge in [0.1, 0.15) is 5.82 Å². The molecule has 0 radical (unpaired) electrons. The lowest BCUT2D eigenvalue weighted by atomic mass is 10.2. The quantitative estimate of drug-likeness (QED) is 0.853. The zero-order valence-corrected chi connectivity index (χ0v) is 12.3. The highest BCUT2D eigenvalue weighted by Crippen LogP contribution is 2.20. The molecule has 0 aliphatic rings. The van der Waals surface area contributed by atoms with E-state index < -0.39 is 11.7 Å². The third-order valence-electron chi connectivity index (χ3n) is 2.36. The summed E-state index contributed by atoms with van der Waals surface area (Å²) in [5, 5.41) is 11.5. The molecule has 1 heterocycles. The smallest absolute Gasteiger partial charge is 0.257 e. The molecule has 1 aromatic heterocycles. The Hall–Kier alpha value is -1.94. The average molecular weight is 325 g/mol. The maximum Gasteiger partial charge on any atom is 0.257 e. The minimum absolute atomic E-state index is 0.00245. The molecule has 0 fully saturated rings. The van der Waals surface area contributed by atoms with Crippen molar-refractivity contribution in [3.05, 3.63) is 45.7 Å². The van der Waals surface area contributed by atoms with E-state index in [-0.39, 0.29) is 17.2 Å². The van der Waals surface area contributed by atoms with Gasteiger partial charge < -0.3 is 5.11 Å². The Balaban J connectivity index is 2.06. The Kier molecular flexibility index (Phi) is 5.28. The number of hydrogen-bond donors (Lipinski definition) is 2. The summed E-state index contributed by atoms with van der Waals surface area (Å²) < 4.78 is 13.3. The molecule has 4 nitrogen and oxygen atoms in total. The number of anilines is 1. The molecule has 108 valence electrons. The zero-order chi connectivity index (χ0) is 15.2. The molecule has 1 amide bonds. The van der Waals surface area contributed by atoms with Gasteiger partial charge in [-0.2, -0.15) is 0 Å². The summed E-state index contributed by atoms with van der Waals surface area (Å²) in [5.41, 5.74) is 0.153. The maximum atomic E-state index is 13.3. The molecule has 0 atom stereocenters. The first-order valence-electron chi connectivity index (χ1n) is 5.92. The van der Waals surface area contributed by atoms with Crippen molar-refractivity contribution in [3.8, 4) is 11.8 Å². The Bertz CT molecular complexity index is 721. The molecule has 0 unspecified atom stereocenters. The zero-order valence-electron chi connectivity index (χ0n) is 10.7. The van der Waals surface area contributed by atoms with E-state index in [2.05, 4.69) is 22.1 Å². The summed E-state index contributed by atoms with van der Waals surface area (Å²) in [6, 6.07) is 3.81. The first kappa shape index (κ1) is 15.4. The first-order chi connectivity index (χ1) is 10.1. The molecular formula is C14H10ClFN2O2S. The van der Waals surface area contributed by atoms with Gasteiger partial charge in [0.2, 0.25) is 0 Å². The van der Waals surface area contributed by atoms with Crippen LogP contribution in [0.1, 0.15) is 21.7 Å². The number of carbonyl (C=O) groups is 1. The van der Waals surface area contributed by atoms with Gasteiger partial charge in [-0.1, -0.05) is 34.8 Å². The predicted octanol–water partition coefficient (Wildman–Crippen LogP) is 2.92. The molecule has 0 saturated carbocycles. The number of amides is 1. The lowest BCUT2D eigenvalue weighted by molar-refractivity contribution is 0.102. The third-order valence-corrected chi connectivity index (χ3v) is 3.49. The van der Waals surface area contributed by atoms with Crippen LogP contribution in [-0.4, -0.2) is 22.6 Å². The number of benzene rings is 1. The number of nitrogens with zero attached hydrogens (tertiary/aromatic N) is 1. The largest absolute Gasteiger partial charge is 0.395 e. The Morgan fingerprint density at radius 3 is 3.05 bits per heavy atom. The summed E-state index contributed by atoms with van der Waals surface area (Å²) >= 11 is 6.75. The van der Waals surface area contributed by atoms with Gasteiger partial charge >= 0.3 is 0 Å². The summed E-state index contributed by atoms with van der Waals surface area (Å²) in [4.78, 5) is 16.6. The lowest BCUT2D eigenvalue weighted by Crippen LogP contribution is -2.11. The minimum Gasteiger partial charge on any atom is -0.395 e. The first-order valence-corrected chi connectivity index (χ1v) is 7.11. The molecule has 0 bridgehead atoms. The number of aliphatic hydroxyl groups is 1. The fourth-order valence-electron chi connectivity index (χ4n) is 1.40. The second-order valence-electron chi connectivity index (χ2n) is 3.89. The molecule has 2 N–H and O–H groups in total. The molecule has 1 aromatic carbocycles. The van der Waals surface area contributed by atoms with Crippen LogP contribution in [0.4, 0.5) is 9.52 Å². The SMILES string of the molecule is O=C(Nc1ncc(C#CCCO)s1)c1ccc(Cl)c(F)c1. The number of nitrogens with one attached hydrogen (secondary N) is 1. The van der Waals surface area contributed by atoms with Crippen molar-refractivity contribution in [2.24, 2.45) is 0 Å². The standard InChI is InChI=1S/C14H10ClFN2O2S/c15-11-5-4-9(7-12(11)16)13(20)18-14-17-8-10(21-14)3-1-2-6-19/h4-5,7-8,19H,2,6H2,(H,17,18,20). The van der Waals surface area contributed by atoms with E-state index in [0.29, 0.717) is 16.4 Å². The highest BCUT2D eigenvalue weighted by molar-refractivity contribution is 7.16. The summed E-state index contributed by atoms with van der Waals surface area (Å²) in [6.07, 6.45) is 1.90. The van der Waals surface area contributed by atoms with Crippen molar-refractivity contribution in [1.82, 2.24) is 4.98 Å². The number of halogens is 2. The molecule has 2 aromatic rings. The van der Waals surface area contributed by atoms with E-state index in [1.165, 1.54) is 29.7 Å². The molecule has 21 heavy (non-hydrogen) atoms. The Morgan fingerprint density at radius 2 is 2.33 bits per heavy atom. The van der Waals surface area contributed by atoms with Crippen molar-refractivity contribution in [1.29, 1.82) is 0 Å². The monoisotopic (exact) mass is 324 g/mol. The van der Waals surface area contributed by atoms with Crippen LogP contribution in [0.3, 0.4) is 0 Å². The average Bonchev–Trinajstić information content (AvgIpc) is 2.89. The van der Waals surface area contributed by atoms with Gasteiger partial charge in [0.05, 0.1) is 22.7 Å². The Labute approximate surface area is 129 Å². The van der Waals surface area contributed by atoms with E-state index in [1.54, 1.807) is 0 Å². The van der Waals surface area contributed by atoms with E-state index in [4.69, 9.17) is 16.7 Å². The summed E-state index contributed by atoms with van der Waals surface area (Å²) in [6.45, 7) is -0.00245. The highest BCUT2D eigenvalue weighted by atomic mass is 35.5. The van der Waals surface area contributed by atoms with Crippen molar-refractivity contribution < 1.29 is 14.3 Å².